The first kappa shape index (κ1) is 26.9. The lowest BCUT2D eigenvalue weighted by molar-refractivity contribution is -0.135. The number of aldehydes is 1. The summed E-state index contributed by atoms with van der Waals surface area (Å²) < 4.78 is 12.2. The van der Waals surface area contributed by atoms with Gasteiger partial charge in [0.25, 0.3) is 0 Å². The normalized spacial score (nSPS) is 8.75. The number of carboxylic acid groups (broad SMARTS) is 1. The van der Waals surface area contributed by atoms with E-state index >= 15 is 0 Å². The number of hydrogen-bond donors (Lipinski definition) is 2. The van der Waals surface area contributed by atoms with Crippen LogP contribution in [-0.2, 0) is 9.59 Å². The fourth-order valence-corrected chi connectivity index (χ4v) is 1.23. The van der Waals surface area contributed by atoms with Gasteiger partial charge in [0, 0.05) is 0 Å². The van der Waals surface area contributed by atoms with Gasteiger partial charge in [0.15, 0.2) is 0 Å². The number of carbonyl (C=O) groups excluding carboxylic acids is 1. The molecule has 1 aromatic rings. The number of aliphatic carboxylic acids is 1. The van der Waals surface area contributed by atoms with E-state index in [1.807, 2.05) is 32.9 Å². The number of aryl methyl sites for hydroxylation is 1. The maximum atomic E-state index is 12.2. The van der Waals surface area contributed by atoms with E-state index in [0.717, 1.165) is 18.3 Å². The lowest BCUT2D eigenvalue weighted by Gasteiger charge is -1.87. The Kier molecular flexibility index (Phi) is 26.0. The highest BCUT2D eigenvalue weighted by Crippen LogP contribution is 1.99. The first-order valence-electron chi connectivity index (χ1n) is 8.16. The number of hydrogen-bond acceptors (Lipinski definition) is 3. The number of benzene rings is 1. The van der Waals surface area contributed by atoms with Gasteiger partial charge in [-0.3, -0.25) is 9.59 Å². The molecule has 0 aromatic heterocycles. The monoisotopic (exact) mass is 341 g/mol. The standard InChI is InChI=1S/C7H7F.C7H12O.C3H7NO2.C2H6/c1-6-3-2-4-7(8)5-6;1-2-3-4-5-6-7-8;1-4-2-3(5)6;1-2/h2-5H,1H3;5-7H,2-4H2,1H3;4H,2H2,1H3,(H,5,6);1-2H3/b;6-5+;;. The van der Waals surface area contributed by atoms with Gasteiger partial charge in [-0.2, -0.15) is 0 Å². The van der Waals surface area contributed by atoms with Crippen molar-refractivity contribution >= 4 is 12.3 Å². The van der Waals surface area contributed by atoms with E-state index in [0.29, 0.717) is 0 Å². The molecule has 0 atom stereocenters. The van der Waals surface area contributed by atoms with E-state index < -0.39 is 5.97 Å². The van der Waals surface area contributed by atoms with Crippen molar-refractivity contribution in [2.24, 2.45) is 0 Å². The van der Waals surface area contributed by atoms with E-state index in [1.54, 1.807) is 19.2 Å². The highest BCUT2D eigenvalue weighted by atomic mass is 19.1. The summed E-state index contributed by atoms with van der Waals surface area (Å²) in [5.74, 6) is -0.984. The second kappa shape index (κ2) is 23.3. The maximum Gasteiger partial charge on any atom is 0.317 e. The smallest absolute Gasteiger partial charge is 0.317 e. The van der Waals surface area contributed by atoms with Crippen molar-refractivity contribution in [1.29, 1.82) is 0 Å². The van der Waals surface area contributed by atoms with Gasteiger partial charge in [0.05, 0.1) is 6.54 Å². The van der Waals surface area contributed by atoms with Crippen LogP contribution < -0.4 is 5.32 Å². The quantitative estimate of drug-likeness (QED) is 0.458. The van der Waals surface area contributed by atoms with Crippen LogP contribution in [0.3, 0.4) is 0 Å². The van der Waals surface area contributed by atoms with Crippen LogP contribution in [0.15, 0.2) is 36.4 Å². The summed E-state index contributed by atoms with van der Waals surface area (Å²) in [6.07, 6.45) is 7.69. The largest absolute Gasteiger partial charge is 0.480 e. The molecule has 5 heteroatoms. The van der Waals surface area contributed by atoms with E-state index in [-0.39, 0.29) is 12.4 Å². The minimum Gasteiger partial charge on any atom is -0.480 e. The summed E-state index contributed by atoms with van der Waals surface area (Å²) in [6, 6.07) is 6.50. The van der Waals surface area contributed by atoms with E-state index in [1.165, 1.54) is 25.0 Å². The number of nitrogens with one attached hydrogen (secondary N) is 1. The zero-order valence-corrected chi connectivity index (χ0v) is 15.5. The fourth-order valence-electron chi connectivity index (χ4n) is 1.23. The van der Waals surface area contributed by atoms with Gasteiger partial charge in [0.2, 0.25) is 0 Å². The molecule has 0 fully saturated rings. The summed E-state index contributed by atoms with van der Waals surface area (Å²) in [5.41, 5.74) is 0.963. The highest BCUT2D eigenvalue weighted by molar-refractivity contribution is 5.68. The van der Waals surface area contributed by atoms with E-state index in [9.17, 15) is 14.0 Å². The molecular weight excluding hydrogens is 309 g/mol. The van der Waals surface area contributed by atoms with E-state index in [4.69, 9.17) is 5.11 Å². The molecule has 0 heterocycles. The van der Waals surface area contributed by atoms with Crippen molar-refractivity contribution < 1.29 is 19.1 Å². The van der Waals surface area contributed by atoms with Gasteiger partial charge in [0.1, 0.15) is 12.1 Å². The second-order valence-electron chi connectivity index (χ2n) is 4.43. The molecule has 0 saturated heterocycles. The van der Waals surface area contributed by atoms with Crippen molar-refractivity contribution in [3.8, 4) is 0 Å². The lowest BCUT2D eigenvalue weighted by Crippen LogP contribution is -2.16. The van der Waals surface area contributed by atoms with Gasteiger partial charge in [-0.1, -0.05) is 51.8 Å². The minimum atomic E-state index is -0.822. The van der Waals surface area contributed by atoms with Crippen LogP contribution in [0.1, 0.15) is 45.6 Å². The molecule has 0 saturated carbocycles. The number of allylic oxidation sites excluding steroid dienone is 2. The topological polar surface area (TPSA) is 66.4 Å². The van der Waals surface area contributed by atoms with Gasteiger partial charge in [-0.25, -0.2) is 4.39 Å². The first-order chi connectivity index (χ1) is 11.5. The summed E-state index contributed by atoms with van der Waals surface area (Å²) in [6.45, 7) is 8.04. The van der Waals surface area contributed by atoms with Crippen molar-refractivity contribution in [3.05, 3.63) is 47.8 Å². The molecule has 0 unspecified atom stereocenters. The highest BCUT2D eigenvalue weighted by Gasteiger charge is 1.86. The van der Waals surface area contributed by atoms with Crippen LogP contribution in [-0.4, -0.2) is 31.0 Å². The maximum absolute atomic E-state index is 12.2. The zero-order chi connectivity index (χ0) is 19.2. The van der Waals surface area contributed by atoms with Crippen molar-refractivity contribution in [2.45, 2.75) is 47.0 Å². The molecule has 24 heavy (non-hydrogen) atoms. The molecule has 138 valence electrons. The Balaban J connectivity index is -0.000000265. The molecule has 4 nitrogen and oxygen atoms in total. The predicted molar refractivity (Wildman–Crippen MR) is 98.8 cm³/mol. The number of carbonyl (C=O) groups is 2. The van der Waals surface area contributed by atoms with Gasteiger partial charge < -0.3 is 10.4 Å². The minimum absolute atomic E-state index is 0.0417. The average Bonchev–Trinajstić information content (AvgIpc) is 2.54. The van der Waals surface area contributed by atoms with Gasteiger partial charge in [-0.05, 0) is 44.2 Å². The number of rotatable bonds is 6. The summed E-state index contributed by atoms with van der Waals surface area (Å²) >= 11 is 0. The first-order valence-corrected chi connectivity index (χ1v) is 8.16. The zero-order valence-electron chi connectivity index (χ0n) is 15.5. The third-order valence-corrected chi connectivity index (χ3v) is 2.25. The Bertz CT molecular complexity index is 417. The molecule has 0 spiro atoms. The van der Waals surface area contributed by atoms with Crippen LogP contribution >= 0.6 is 0 Å². The van der Waals surface area contributed by atoms with Crippen molar-refractivity contribution in [1.82, 2.24) is 5.32 Å². The summed E-state index contributed by atoms with van der Waals surface area (Å²) in [5, 5.41) is 10.3. The average molecular weight is 341 g/mol. The SMILES string of the molecule is CC.CCCC/C=C/C=O.CNCC(=O)O.Cc1cccc(F)c1. The summed E-state index contributed by atoms with van der Waals surface area (Å²) in [4.78, 5) is 19.2. The van der Waals surface area contributed by atoms with E-state index in [2.05, 4.69) is 12.2 Å². The van der Waals surface area contributed by atoms with Crippen LogP contribution in [0.4, 0.5) is 4.39 Å². The lowest BCUT2D eigenvalue weighted by atomic mass is 10.2. The molecule has 0 aliphatic heterocycles. The molecule has 0 bridgehead atoms. The third kappa shape index (κ3) is 28.2. The number of carboxylic acids is 1. The number of unbranched alkanes of at least 4 members (excludes halogenated alkanes) is 2. The molecule has 0 aliphatic carbocycles. The molecule has 0 aliphatic rings. The molecule has 2 N–H and O–H groups in total. The predicted octanol–water partition coefficient (Wildman–Crippen LogP) is 4.38. The van der Waals surface area contributed by atoms with Crippen LogP contribution in [0.5, 0.6) is 0 Å². The molecular formula is C19H32FNO3. The second-order valence-corrected chi connectivity index (χ2v) is 4.43. The molecule has 0 amide bonds. The van der Waals surface area contributed by atoms with Crippen LogP contribution in [0, 0.1) is 12.7 Å². The Morgan fingerprint density at radius 3 is 2.25 bits per heavy atom. The van der Waals surface area contributed by atoms with Crippen LogP contribution in [0.25, 0.3) is 0 Å². The Morgan fingerprint density at radius 2 is 1.96 bits per heavy atom. The Hall–Kier alpha value is -2.01. The third-order valence-electron chi connectivity index (χ3n) is 2.25. The van der Waals surface area contributed by atoms with Crippen molar-refractivity contribution in [2.75, 3.05) is 13.6 Å². The molecule has 1 aromatic carbocycles. The van der Waals surface area contributed by atoms with Gasteiger partial charge >= 0.3 is 5.97 Å². The van der Waals surface area contributed by atoms with Crippen LogP contribution in [0.2, 0.25) is 0 Å². The Morgan fingerprint density at radius 1 is 1.33 bits per heavy atom. The molecule has 1 rings (SSSR count). The number of likely N-dealkylation sites (N-methyl/N-ethyl adjacent to an activating group) is 1. The van der Waals surface area contributed by atoms with Gasteiger partial charge in [-0.15, -0.1) is 0 Å². The summed E-state index contributed by atoms with van der Waals surface area (Å²) in [7, 11) is 1.59. The Labute approximate surface area is 145 Å². The van der Waals surface area contributed by atoms with Crippen molar-refractivity contribution in [3.63, 3.8) is 0 Å². The number of halogens is 1. The molecule has 0 radical (unpaired) electrons. The fraction of sp³-hybridized carbons (Fsp3) is 0.474.